The summed E-state index contributed by atoms with van der Waals surface area (Å²) in [4.78, 5) is 21.3. The number of aromatic nitrogens is 1. The highest BCUT2D eigenvalue weighted by Gasteiger charge is 2.23. The first kappa shape index (κ1) is 13.8. The molecule has 1 aliphatic rings. The van der Waals surface area contributed by atoms with E-state index in [9.17, 15) is 4.79 Å². The number of amides is 1. The molecule has 1 aromatic carbocycles. The molecule has 0 radical (unpaired) electrons. The van der Waals surface area contributed by atoms with Crippen LogP contribution < -0.4 is 5.73 Å². The molecule has 110 valence electrons. The monoisotopic (exact) mass is 284 g/mol. The number of carbonyl (C=O) groups excluding carboxylic acids is 1. The van der Waals surface area contributed by atoms with Crippen molar-refractivity contribution in [2.45, 2.75) is 6.92 Å². The van der Waals surface area contributed by atoms with Gasteiger partial charge in [0.15, 0.2) is 0 Å². The van der Waals surface area contributed by atoms with Crippen molar-refractivity contribution >= 4 is 22.4 Å². The molecule has 0 unspecified atom stereocenters. The maximum absolute atomic E-state index is 12.7. The summed E-state index contributed by atoms with van der Waals surface area (Å²) in [5.41, 5.74) is 7.01. The number of fused-ring (bicyclic) bond motifs is 1. The van der Waals surface area contributed by atoms with Crippen LogP contribution in [0, 0.1) is 0 Å². The van der Waals surface area contributed by atoms with Crippen LogP contribution in [0.1, 0.15) is 17.4 Å². The summed E-state index contributed by atoms with van der Waals surface area (Å²) in [5, 5.41) is 1.83. The number of nitrogens with two attached hydrogens (primary N) is 1. The molecule has 1 amide bonds. The lowest BCUT2D eigenvalue weighted by atomic mass is 10.1. The third kappa shape index (κ3) is 2.69. The van der Waals surface area contributed by atoms with Crippen LogP contribution in [0.25, 0.3) is 10.8 Å². The van der Waals surface area contributed by atoms with E-state index in [0.717, 1.165) is 43.5 Å². The van der Waals surface area contributed by atoms with Crippen LogP contribution in [0.2, 0.25) is 0 Å². The standard InChI is InChI=1S/C16H20N4O/c1-2-19-7-9-20(10-8-19)16(21)15-14-11-13(17)4-3-12(14)5-6-18-15/h3-6,11H,2,7-10,17H2,1H3. The van der Waals surface area contributed by atoms with Gasteiger partial charge in [-0.25, -0.2) is 0 Å². The van der Waals surface area contributed by atoms with Crippen molar-refractivity contribution in [1.82, 2.24) is 14.8 Å². The number of rotatable bonds is 2. The molecule has 2 heterocycles. The lowest BCUT2D eigenvalue weighted by Crippen LogP contribution is -2.48. The van der Waals surface area contributed by atoms with Gasteiger partial charge in [-0.15, -0.1) is 0 Å². The average molecular weight is 284 g/mol. The predicted molar refractivity (Wildman–Crippen MR) is 84.2 cm³/mol. The van der Waals surface area contributed by atoms with Gasteiger partial charge in [0.2, 0.25) is 0 Å². The summed E-state index contributed by atoms with van der Waals surface area (Å²) in [5.74, 6) is 0.00181. The molecule has 5 heteroatoms. The van der Waals surface area contributed by atoms with E-state index in [1.807, 2.05) is 29.2 Å². The van der Waals surface area contributed by atoms with Gasteiger partial charge >= 0.3 is 0 Å². The van der Waals surface area contributed by atoms with Gasteiger partial charge in [-0.3, -0.25) is 9.78 Å². The zero-order valence-corrected chi connectivity index (χ0v) is 12.2. The second kappa shape index (κ2) is 5.69. The van der Waals surface area contributed by atoms with Crippen molar-refractivity contribution in [2.24, 2.45) is 0 Å². The van der Waals surface area contributed by atoms with Gasteiger partial charge in [0.05, 0.1) is 0 Å². The molecule has 0 spiro atoms. The Balaban J connectivity index is 1.90. The number of benzene rings is 1. The molecule has 0 bridgehead atoms. The number of carbonyl (C=O) groups is 1. The lowest BCUT2D eigenvalue weighted by Gasteiger charge is -2.34. The van der Waals surface area contributed by atoms with Crippen LogP contribution >= 0.6 is 0 Å². The highest BCUT2D eigenvalue weighted by molar-refractivity contribution is 6.05. The van der Waals surface area contributed by atoms with E-state index in [1.165, 1.54) is 0 Å². The molecule has 1 saturated heterocycles. The molecular formula is C16H20N4O. The SMILES string of the molecule is CCN1CCN(C(=O)c2nccc3ccc(N)cc23)CC1. The second-order valence-electron chi connectivity index (χ2n) is 5.37. The third-order valence-electron chi connectivity index (χ3n) is 4.10. The van der Waals surface area contributed by atoms with Crippen LogP contribution in [-0.4, -0.2) is 53.4 Å². The number of pyridine rings is 1. The first-order chi connectivity index (χ1) is 10.2. The average Bonchev–Trinajstić information content (AvgIpc) is 2.53. The zero-order valence-electron chi connectivity index (χ0n) is 12.2. The first-order valence-corrected chi connectivity index (χ1v) is 7.35. The molecule has 5 nitrogen and oxygen atoms in total. The maximum Gasteiger partial charge on any atom is 0.273 e. The van der Waals surface area contributed by atoms with Crippen LogP contribution in [0.3, 0.4) is 0 Å². The fourth-order valence-corrected chi connectivity index (χ4v) is 2.77. The normalized spacial score (nSPS) is 16.3. The molecular weight excluding hydrogens is 264 g/mol. The highest BCUT2D eigenvalue weighted by atomic mass is 16.2. The van der Waals surface area contributed by atoms with Crippen LogP contribution in [0.4, 0.5) is 5.69 Å². The molecule has 0 saturated carbocycles. The van der Waals surface area contributed by atoms with Gasteiger partial charge in [-0.1, -0.05) is 13.0 Å². The smallest absolute Gasteiger partial charge is 0.273 e. The van der Waals surface area contributed by atoms with Gasteiger partial charge < -0.3 is 15.5 Å². The minimum absolute atomic E-state index is 0.00181. The molecule has 1 fully saturated rings. The van der Waals surface area contributed by atoms with Crippen molar-refractivity contribution in [3.05, 3.63) is 36.2 Å². The summed E-state index contributed by atoms with van der Waals surface area (Å²) in [6, 6.07) is 7.51. The highest BCUT2D eigenvalue weighted by Crippen LogP contribution is 2.21. The number of nitrogens with zero attached hydrogens (tertiary/aromatic N) is 3. The molecule has 3 rings (SSSR count). The Labute approximate surface area is 124 Å². The van der Waals surface area contributed by atoms with E-state index in [2.05, 4.69) is 16.8 Å². The fraction of sp³-hybridized carbons (Fsp3) is 0.375. The maximum atomic E-state index is 12.7. The molecule has 21 heavy (non-hydrogen) atoms. The van der Waals surface area contributed by atoms with Gasteiger partial charge in [0.1, 0.15) is 5.69 Å². The predicted octanol–water partition coefficient (Wildman–Crippen LogP) is 1.59. The van der Waals surface area contributed by atoms with Crippen LogP contribution in [0.5, 0.6) is 0 Å². The number of anilines is 1. The number of nitrogen functional groups attached to an aromatic ring is 1. The van der Waals surface area contributed by atoms with Gasteiger partial charge in [-0.05, 0) is 30.1 Å². The van der Waals surface area contributed by atoms with Crippen LogP contribution in [0.15, 0.2) is 30.5 Å². The Bertz CT molecular complexity index is 662. The second-order valence-corrected chi connectivity index (χ2v) is 5.37. The molecule has 2 N–H and O–H groups in total. The minimum Gasteiger partial charge on any atom is -0.399 e. The van der Waals surface area contributed by atoms with Crippen molar-refractivity contribution in [1.29, 1.82) is 0 Å². The van der Waals surface area contributed by atoms with Gasteiger partial charge in [0, 0.05) is 43.4 Å². The molecule has 0 aliphatic carbocycles. The first-order valence-electron chi connectivity index (χ1n) is 7.35. The van der Waals surface area contributed by atoms with Crippen molar-refractivity contribution < 1.29 is 4.79 Å². The summed E-state index contributed by atoms with van der Waals surface area (Å²) < 4.78 is 0. The summed E-state index contributed by atoms with van der Waals surface area (Å²) >= 11 is 0. The zero-order chi connectivity index (χ0) is 14.8. The lowest BCUT2D eigenvalue weighted by molar-refractivity contribution is 0.0640. The van der Waals surface area contributed by atoms with E-state index in [4.69, 9.17) is 5.73 Å². The Morgan fingerprint density at radius 2 is 2.00 bits per heavy atom. The molecule has 1 aliphatic heterocycles. The number of hydrogen-bond acceptors (Lipinski definition) is 4. The Morgan fingerprint density at radius 3 is 2.71 bits per heavy atom. The summed E-state index contributed by atoms with van der Waals surface area (Å²) in [6.07, 6.45) is 1.69. The quantitative estimate of drug-likeness (QED) is 0.851. The van der Waals surface area contributed by atoms with Crippen molar-refractivity contribution in [2.75, 3.05) is 38.5 Å². The largest absolute Gasteiger partial charge is 0.399 e. The van der Waals surface area contributed by atoms with Crippen LogP contribution in [-0.2, 0) is 0 Å². The Kier molecular flexibility index (Phi) is 3.75. The number of likely N-dealkylation sites (N-methyl/N-ethyl adjacent to an activating group) is 1. The topological polar surface area (TPSA) is 62.5 Å². The third-order valence-corrected chi connectivity index (χ3v) is 4.10. The Hall–Kier alpha value is -2.14. The van der Waals surface area contributed by atoms with Gasteiger partial charge in [-0.2, -0.15) is 0 Å². The minimum atomic E-state index is 0.00181. The van der Waals surface area contributed by atoms with E-state index in [0.29, 0.717) is 11.4 Å². The van der Waals surface area contributed by atoms with Crippen molar-refractivity contribution in [3.63, 3.8) is 0 Å². The van der Waals surface area contributed by atoms with Crippen molar-refractivity contribution in [3.8, 4) is 0 Å². The van der Waals surface area contributed by atoms with E-state index >= 15 is 0 Å². The van der Waals surface area contributed by atoms with Gasteiger partial charge in [0.25, 0.3) is 5.91 Å². The fourth-order valence-electron chi connectivity index (χ4n) is 2.77. The van der Waals surface area contributed by atoms with E-state index < -0.39 is 0 Å². The molecule has 1 aromatic heterocycles. The number of piperazine rings is 1. The summed E-state index contributed by atoms with van der Waals surface area (Å²) in [7, 11) is 0. The summed E-state index contributed by atoms with van der Waals surface area (Å²) in [6.45, 7) is 6.54. The number of hydrogen-bond donors (Lipinski definition) is 1. The van der Waals surface area contributed by atoms with E-state index in [-0.39, 0.29) is 5.91 Å². The Morgan fingerprint density at radius 1 is 1.24 bits per heavy atom. The molecule has 2 aromatic rings. The van der Waals surface area contributed by atoms with E-state index in [1.54, 1.807) is 6.20 Å². The molecule has 0 atom stereocenters.